The van der Waals surface area contributed by atoms with Crippen molar-refractivity contribution < 1.29 is 9.53 Å². The van der Waals surface area contributed by atoms with Gasteiger partial charge in [0.05, 0.1) is 19.3 Å². The molecule has 4 heteroatoms. The van der Waals surface area contributed by atoms with Crippen molar-refractivity contribution in [2.75, 3.05) is 30.4 Å². The number of hydrogen-bond donors (Lipinski definition) is 1. The lowest BCUT2D eigenvalue weighted by Gasteiger charge is -2.22. The number of para-hydroxylation sites is 1. The van der Waals surface area contributed by atoms with E-state index in [4.69, 9.17) is 4.74 Å². The second-order valence-corrected chi connectivity index (χ2v) is 5.03. The number of hydrogen-bond acceptors (Lipinski definition) is 3. The minimum atomic E-state index is 0.0252. The zero-order chi connectivity index (χ0) is 15.9. The van der Waals surface area contributed by atoms with E-state index in [0.29, 0.717) is 6.54 Å². The highest BCUT2D eigenvalue weighted by Gasteiger charge is 2.14. The smallest absolute Gasteiger partial charge is 0.246 e. The molecule has 0 radical (unpaired) electrons. The van der Waals surface area contributed by atoms with Gasteiger partial charge < -0.3 is 15.0 Å². The molecule has 0 atom stereocenters. The third-order valence-electron chi connectivity index (χ3n) is 3.47. The number of aryl methyl sites for hydroxylation is 1. The van der Waals surface area contributed by atoms with Gasteiger partial charge in [-0.25, -0.2) is 0 Å². The van der Waals surface area contributed by atoms with Gasteiger partial charge in [0.2, 0.25) is 5.91 Å². The Hall–Kier alpha value is -2.49. The van der Waals surface area contributed by atoms with Crippen molar-refractivity contribution >= 4 is 17.3 Å². The van der Waals surface area contributed by atoms with Crippen molar-refractivity contribution in [3.05, 3.63) is 54.1 Å². The number of likely N-dealkylation sites (N-methyl/N-ethyl adjacent to an activating group) is 1. The zero-order valence-corrected chi connectivity index (χ0v) is 13.3. The van der Waals surface area contributed by atoms with Gasteiger partial charge in [-0.1, -0.05) is 24.3 Å². The van der Waals surface area contributed by atoms with Gasteiger partial charge in [0, 0.05) is 12.2 Å². The van der Waals surface area contributed by atoms with E-state index in [1.54, 1.807) is 12.0 Å². The fourth-order valence-corrected chi connectivity index (χ4v) is 2.34. The Morgan fingerprint density at radius 3 is 2.55 bits per heavy atom. The van der Waals surface area contributed by atoms with Gasteiger partial charge >= 0.3 is 0 Å². The average Bonchev–Trinajstić information content (AvgIpc) is 2.55. The van der Waals surface area contributed by atoms with Crippen LogP contribution in [0.5, 0.6) is 5.75 Å². The second kappa shape index (κ2) is 7.50. The minimum Gasteiger partial charge on any atom is -0.495 e. The van der Waals surface area contributed by atoms with Gasteiger partial charge in [0.15, 0.2) is 0 Å². The molecular weight excluding hydrogens is 276 g/mol. The van der Waals surface area contributed by atoms with Crippen LogP contribution in [-0.2, 0) is 4.79 Å². The summed E-state index contributed by atoms with van der Waals surface area (Å²) in [6.07, 6.45) is 0. The summed E-state index contributed by atoms with van der Waals surface area (Å²) in [7, 11) is 1.62. The Kier molecular flexibility index (Phi) is 5.42. The summed E-state index contributed by atoms with van der Waals surface area (Å²) in [6, 6.07) is 15.5. The number of anilines is 2. The molecule has 0 fully saturated rings. The number of nitrogens with zero attached hydrogens (tertiary/aromatic N) is 1. The Labute approximate surface area is 131 Å². The van der Waals surface area contributed by atoms with E-state index < -0.39 is 0 Å². The van der Waals surface area contributed by atoms with Crippen molar-refractivity contribution in [3.63, 3.8) is 0 Å². The quantitative estimate of drug-likeness (QED) is 0.888. The van der Waals surface area contributed by atoms with Crippen LogP contribution in [0.4, 0.5) is 11.4 Å². The molecule has 22 heavy (non-hydrogen) atoms. The first-order valence-electron chi connectivity index (χ1n) is 7.39. The molecule has 1 amide bonds. The third-order valence-corrected chi connectivity index (χ3v) is 3.47. The van der Waals surface area contributed by atoms with E-state index in [1.165, 1.54) is 0 Å². The standard InChI is InChI=1S/C18H22N2O2/c1-4-20(15-8-6-5-7-9-15)18(21)13-19-16-12-14(2)10-11-17(16)22-3/h5-12,19H,4,13H2,1-3H3. The molecule has 0 saturated heterocycles. The predicted octanol–water partition coefficient (Wildman–Crippen LogP) is 3.47. The van der Waals surface area contributed by atoms with Crippen LogP contribution in [0.1, 0.15) is 12.5 Å². The minimum absolute atomic E-state index is 0.0252. The molecule has 2 aromatic carbocycles. The molecule has 2 aromatic rings. The lowest BCUT2D eigenvalue weighted by molar-refractivity contribution is -0.116. The molecule has 0 bridgehead atoms. The number of amides is 1. The molecule has 0 unspecified atom stereocenters. The Bertz CT molecular complexity index is 626. The highest BCUT2D eigenvalue weighted by molar-refractivity contribution is 5.96. The SMILES string of the molecule is CCN(C(=O)CNc1cc(C)ccc1OC)c1ccccc1. The number of carbonyl (C=O) groups excluding carboxylic acids is 1. The van der Waals surface area contributed by atoms with Gasteiger partial charge in [-0.3, -0.25) is 4.79 Å². The Morgan fingerprint density at radius 2 is 1.91 bits per heavy atom. The number of methoxy groups -OCH3 is 1. The Balaban J connectivity index is 2.07. The first-order valence-corrected chi connectivity index (χ1v) is 7.39. The molecular formula is C18H22N2O2. The van der Waals surface area contributed by atoms with Crippen LogP contribution >= 0.6 is 0 Å². The number of rotatable bonds is 6. The van der Waals surface area contributed by atoms with Gasteiger partial charge in [-0.15, -0.1) is 0 Å². The fraction of sp³-hybridized carbons (Fsp3) is 0.278. The fourth-order valence-electron chi connectivity index (χ4n) is 2.34. The maximum atomic E-state index is 12.5. The summed E-state index contributed by atoms with van der Waals surface area (Å²) >= 11 is 0. The molecule has 0 aromatic heterocycles. The zero-order valence-electron chi connectivity index (χ0n) is 13.3. The van der Waals surface area contributed by atoms with Crippen LogP contribution in [0.15, 0.2) is 48.5 Å². The van der Waals surface area contributed by atoms with Crippen LogP contribution in [0, 0.1) is 6.92 Å². The molecule has 0 aliphatic carbocycles. The van der Waals surface area contributed by atoms with Gasteiger partial charge in [-0.05, 0) is 43.7 Å². The van der Waals surface area contributed by atoms with Crippen molar-refractivity contribution in [2.24, 2.45) is 0 Å². The van der Waals surface area contributed by atoms with Crippen molar-refractivity contribution in [3.8, 4) is 5.75 Å². The number of nitrogens with one attached hydrogen (secondary N) is 1. The molecule has 0 spiro atoms. The van der Waals surface area contributed by atoms with Crippen molar-refractivity contribution in [1.82, 2.24) is 0 Å². The van der Waals surface area contributed by atoms with Crippen LogP contribution in [0.2, 0.25) is 0 Å². The van der Waals surface area contributed by atoms with E-state index in [2.05, 4.69) is 5.32 Å². The average molecular weight is 298 g/mol. The van der Waals surface area contributed by atoms with Gasteiger partial charge in [0.25, 0.3) is 0 Å². The van der Waals surface area contributed by atoms with E-state index in [0.717, 1.165) is 22.7 Å². The first kappa shape index (κ1) is 15.9. The van der Waals surface area contributed by atoms with E-state index in [1.807, 2.05) is 62.4 Å². The summed E-state index contributed by atoms with van der Waals surface area (Å²) in [5.41, 5.74) is 2.86. The van der Waals surface area contributed by atoms with Crippen LogP contribution < -0.4 is 15.0 Å². The first-order chi connectivity index (χ1) is 10.7. The predicted molar refractivity (Wildman–Crippen MR) is 90.7 cm³/mol. The molecule has 0 aliphatic rings. The van der Waals surface area contributed by atoms with Crippen molar-refractivity contribution in [2.45, 2.75) is 13.8 Å². The van der Waals surface area contributed by atoms with Crippen LogP contribution in [-0.4, -0.2) is 26.1 Å². The van der Waals surface area contributed by atoms with E-state index >= 15 is 0 Å². The lowest BCUT2D eigenvalue weighted by Crippen LogP contribution is -2.35. The number of benzene rings is 2. The molecule has 0 saturated carbocycles. The highest BCUT2D eigenvalue weighted by Crippen LogP contribution is 2.25. The molecule has 116 valence electrons. The topological polar surface area (TPSA) is 41.6 Å². The van der Waals surface area contributed by atoms with Crippen LogP contribution in [0.3, 0.4) is 0 Å². The number of ether oxygens (including phenoxy) is 1. The van der Waals surface area contributed by atoms with Crippen molar-refractivity contribution in [1.29, 1.82) is 0 Å². The monoisotopic (exact) mass is 298 g/mol. The second-order valence-electron chi connectivity index (χ2n) is 5.03. The van der Waals surface area contributed by atoms with Gasteiger partial charge in [-0.2, -0.15) is 0 Å². The maximum Gasteiger partial charge on any atom is 0.246 e. The molecule has 0 aliphatic heterocycles. The molecule has 4 nitrogen and oxygen atoms in total. The normalized spacial score (nSPS) is 10.1. The summed E-state index contributed by atoms with van der Waals surface area (Å²) in [5, 5.41) is 3.17. The third kappa shape index (κ3) is 3.79. The maximum absolute atomic E-state index is 12.5. The largest absolute Gasteiger partial charge is 0.495 e. The highest BCUT2D eigenvalue weighted by atomic mass is 16.5. The molecule has 0 heterocycles. The summed E-state index contributed by atoms with van der Waals surface area (Å²) in [5.74, 6) is 0.762. The summed E-state index contributed by atoms with van der Waals surface area (Å²) in [4.78, 5) is 14.2. The van der Waals surface area contributed by atoms with Gasteiger partial charge in [0.1, 0.15) is 5.75 Å². The summed E-state index contributed by atoms with van der Waals surface area (Å²) in [6.45, 7) is 4.84. The molecule has 2 rings (SSSR count). The van der Waals surface area contributed by atoms with Crippen LogP contribution in [0.25, 0.3) is 0 Å². The van der Waals surface area contributed by atoms with E-state index in [9.17, 15) is 4.79 Å². The number of carbonyl (C=O) groups is 1. The van der Waals surface area contributed by atoms with E-state index in [-0.39, 0.29) is 12.5 Å². The molecule has 1 N–H and O–H groups in total. The lowest BCUT2D eigenvalue weighted by atomic mass is 10.2. The Morgan fingerprint density at radius 1 is 1.18 bits per heavy atom. The summed E-state index contributed by atoms with van der Waals surface area (Å²) < 4.78 is 5.32.